The van der Waals surface area contributed by atoms with Crippen LogP contribution in [0.3, 0.4) is 0 Å². The van der Waals surface area contributed by atoms with Crippen LogP contribution >= 0.6 is 157 Å². The molecule has 0 aromatic heterocycles. The Bertz CT molecular complexity index is 3540. The van der Waals surface area contributed by atoms with Gasteiger partial charge in [-0.25, -0.2) is 8.78 Å². The van der Waals surface area contributed by atoms with Gasteiger partial charge in [0.05, 0.1) is 83.4 Å². The lowest BCUT2D eigenvalue weighted by molar-refractivity contribution is -0.0511. The number of aldehydes is 4. The Labute approximate surface area is 603 Å². The molecule has 2 aliphatic rings. The number of fused-ring (bicyclic) bond motifs is 1. The Kier molecular flexibility index (Phi) is 37.1. The summed E-state index contributed by atoms with van der Waals surface area (Å²) in [6.45, 7) is 1.10. The van der Waals surface area contributed by atoms with Crippen LogP contribution in [0.15, 0.2) is 96.8 Å². The molecule has 39 heteroatoms. The van der Waals surface area contributed by atoms with E-state index in [1.165, 1.54) is 80.6 Å². The van der Waals surface area contributed by atoms with Crippen LogP contribution in [-0.2, 0) is 34.2 Å². The highest BCUT2D eigenvalue weighted by Crippen LogP contribution is 2.64. The zero-order chi connectivity index (χ0) is 72.0. The van der Waals surface area contributed by atoms with E-state index < -0.39 is 69.1 Å². The molecule has 0 aliphatic carbocycles. The zero-order valence-electron chi connectivity index (χ0n) is 48.4. The highest BCUT2D eigenvalue weighted by molar-refractivity contribution is 9.11. The number of aromatic hydroxyl groups is 1. The number of halogens is 21. The van der Waals surface area contributed by atoms with Crippen molar-refractivity contribution in [3.05, 3.63) is 166 Å². The molecule has 0 spiro atoms. The van der Waals surface area contributed by atoms with Crippen molar-refractivity contribution in [2.45, 2.75) is 83.8 Å². The minimum Gasteiger partial charge on any atom is -0.506 e. The molecule has 0 atom stereocenters. The van der Waals surface area contributed by atoms with Gasteiger partial charge in [-0.1, -0.05) is 97.7 Å². The number of hydrogen-bond acceptors (Lipinski definition) is 15. The molecule has 514 valence electrons. The van der Waals surface area contributed by atoms with Crippen LogP contribution < -0.4 is 25.1 Å². The Morgan fingerprint density at radius 2 is 0.968 bits per heavy atom. The summed E-state index contributed by atoms with van der Waals surface area (Å²) >= 11 is 47.6. The van der Waals surface area contributed by atoms with E-state index in [1.807, 2.05) is 43.6 Å². The predicted molar refractivity (Wildman–Crippen MR) is 355 cm³/mol. The van der Waals surface area contributed by atoms with Crippen LogP contribution in [-0.4, -0.2) is 98.3 Å². The Balaban J connectivity index is 0.000000381. The molecule has 6 aromatic rings. The molecule has 1 fully saturated rings. The molecule has 0 saturated carbocycles. The van der Waals surface area contributed by atoms with Crippen molar-refractivity contribution >= 4 is 207 Å². The Hall–Kier alpha value is -3.24. The minimum atomic E-state index is -4.32. The number of phenolic OH excluding ortho intramolecular Hbond substituents is 1. The van der Waals surface area contributed by atoms with Gasteiger partial charge in [0.2, 0.25) is 0 Å². The molecule has 6 aromatic carbocycles. The fourth-order valence-corrected chi connectivity index (χ4v) is 11.0. The first-order valence-corrected chi connectivity index (χ1v) is 33.2. The summed E-state index contributed by atoms with van der Waals surface area (Å²) in [4.78, 5) is 42.6. The number of phenols is 1. The van der Waals surface area contributed by atoms with E-state index >= 15 is 0 Å². The van der Waals surface area contributed by atoms with E-state index in [1.54, 1.807) is 12.1 Å². The van der Waals surface area contributed by atoms with Crippen LogP contribution in [0.1, 0.15) is 88.5 Å². The number of benzene rings is 6. The summed E-state index contributed by atoms with van der Waals surface area (Å²) < 4.78 is 171. The molecule has 1 saturated heterocycles. The van der Waals surface area contributed by atoms with Gasteiger partial charge >= 0.3 is 46.2 Å². The van der Waals surface area contributed by atoms with Gasteiger partial charge in [0, 0.05) is 39.4 Å². The Morgan fingerprint density at radius 1 is 0.585 bits per heavy atom. The number of alkyl halides is 9. The smallest absolute Gasteiger partial charge is 0.495 e. The average molecular weight is 1800 g/mol. The van der Waals surface area contributed by atoms with Crippen LogP contribution in [0.25, 0.3) is 0 Å². The molecule has 94 heavy (non-hydrogen) atoms. The van der Waals surface area contributed by atoms with Gasteiger partial charge in [0.15, 0.2) is 42.5 Å². The summed E-state index contributed by atoms with van der Waals surface area (Å²) in [7, 11) is -6.29. The molecule has 2 aliphatic heterocycles. The molecule has 15 nitrogen and oxygen atoms in total. The lowest BCUT2D eigenvalue weighted by Crippen LogP contribution is -2.41. The van der Waals surface area contributed by atoms with Crippen molar-refractivity contribution in [2.75, 3.05) is 13.2 Å². The lowest BCUT2D eigenvalue weighted by Gasteiger charge is -2.32. The summed E-state index contributed by atoms with van der Waals surface area (Å²) in [5.74, 6) is -2.08. The highest BCUT2D eigenvalue weighted by Gasteiger charge is 2.53. The first-order chi connectivity index (χ1) is 43.6. The third-order valence-electron chi connectivity index (χ3n) is 11.8. The third kappa shape index (κ3) is 25.5. The summed E-state index contributed by atoms with van der Waals surface area (Å²) in [5, 5.41) is 18.8. The number of ether oxygens (including phenoxy) is 3. The van der Waals surface area contributed by atoms with Gasteiger partial charge in [0.25, 0.3) is 0 Å². The second-order valence-corrected chi connectivity index (χ2v) is 28.0. The summed E-state index contributed by atoms with van der Waals surface area (Å²) in [5.41, 5.74) is -0.166. The maximum absolute atomic E-state index is 12.9. The number of carbonyl (C=O) groups is 4. The summed E-state index contributed by atoms with van der Waals surface area (Å²) in [6, 6.07) is 19.1. The number of hydrogen-bond donors (Lipinski definition) is 2. The van der Waals surface area contributed by atoms with Gasteiger partial charge in [-0.15, -0.1) is 0 Å². The van der Waals surface area contributed by atoms with Crippen molar-refractivity contribution in [3.8, 4) is 23.0 Å². The first-order valence-electron chi connectivity index (χ1n) is 25.4. The van der Waals surface area contributed by atoms with Gasteiger partial charge in [-0.2, -0.15) is 35.1 Å². The molecule has 0 radical (unpaired) electrons. The van der Waals surface area contributed by atoms with Gasteiger partial charge < -0.3 is 47.4 Å². The van der Waals surface area contributed by atoms with E-state index in [4.69, 9.17) is 83.6 Å². The maximum atomic E-state index is 12.9. The molecule has 0 bridgehead atoms. The zero-order valence-corrected chi connectivity index (χ0v) is 61.8. The number of rotatable bonds is 16. The first kappa shape index (κ1) is 86.8. The fraction of sp³-hybridized carbons (Fsp3) is 0.273. The SMILES string of the molecule is CC1(C)OB(c2ccc(Cl)c(OC(F)F)c2C=O)OC1(C)C.CCOP(=O)(OCC)C(F)(F)Br.Fc1cc(Br)ccc1Cl.O=Cc1c(Br)ccc(Cl)c1F.O=Cc1c(Br)ccc(Cl)c1O.O=Cc1c(Br)ccc(Cl)c1OC(F)F.OB1OCc2c1ccc(Cl)c2OC(F)F. The summed E-state index contributed by atoms with van der Waals surface area (Å²) in [6.07, 6.45) is 1.77. The molecule has 0 amide bonds. The topological polar surface area (TPSA) is 200 Å². The highest BCUT2D eigenvalue weighted by atomic mass is 79.9. The van der Waals surface area contributed by atoms with E-state index in [0.29, 0.717) is 59.5 Å². The van der Waals surface area contributed by atoms with Crippen LogP contribution in [0.5, 0.6) is 23.0 Å². The van der Waals surface area contributed by atoms with E-state index in [2.05, 4.69) is 87.0 Å². The second-order valence-electron chi connectivity index (χ2n) is 18.4. The largest absolute Gasteiger partial charge is 0.506 e. The van der Waals surface area contributed by atoms with Crippen LogP contribution in [0.2, 0.25) is 30.1 Å². The lowest BCUT2D eigenvalue weighted by atomic mass is 9.76. The molecule has 2 heterocycles. The molecule has 0 unspecified atom stereocenters. The van der Waals surface area contributed by atoms with Crippen molar-refractivity contribution in [3.63, 3.8) is 0 Å². The van der Waals surface area contributed by atoms with Gasteiger partial charge in [-0.05, 0) is 167 Å². The standard InChI is InChI=1S/C14H16BClF2O4.C8H6BClF2O3.C8H4BrClF2O2.C7H3BrClFO.C7H4BrClO2.C6H3BrClF.C5H10BrF2O3P/c1-13(2)14(3,4)22-15(21-13)9-5-6-10(16)11(8(9)7-19)20-12(17)18;10-6-2-1-5-4(3-14-9(5)13)7(6)15-8(11)12;9-5-1-2-6(10)7(4(5)3-13)14-8(11)12;8-5-1-2-6(9)7(10)4(5)3-11;8-5-1-2-6(9)7(11)4(5)3-10;7-4-1-2-5(8)6(9)3-4;1-3-10-12(9,11-4-2)5(6,7)8/h5-7,12H,1-4H3;1-2,8,13H,3H2;1-3,8H;1-3H;1-3,11H;1-3H;3-4H2,1-2H3. The Morgan fingerprint density at radius 3 is 1.37 bits per heavy atom. The molecule has 8 rings (SSSR count). The van der Waals surface area contributed by atoms with Crippen molar-refractivity contribution in [2.24, 2.45) is 0 Å². The average Bonchev–Trinajstić information content (AvgIpc) is 1.60. The van der Waals surface area contributed by atoms with Crippen molar-refractivity contribution < 1.29 is 115 Å². The van der Waals surface area contributed by atoms with Gasteiger partial charge in [0.1, 0.15) is 17.3 Å². The van der Waals surface area contributed by atoms with E-state index in [0.717, 1.165) is 0 Å². The normalized spacial score (nSPS) is 13.4. The second kappa shape index (κ2) is 40.1. The van der Waals surface area contributed by atoms with E-state index in [9.17, 15) is 77.8 Å². The third-order valence-corrected chi connectivity index (χ3v) is 19.2. The maximum Gasteiger partial charge on any atom is 0.495 e. The van der Waals surface area contributed by atoms with Crippen LogP contribution in [0, 0.1) is 11.6 Å². The number of carbonyl (C=O) groups excluding carboxylic acids is 4. The van der Waals surface area contributed by atoms with Crippen molar-refractivity contribution in [1.29, 1.82) is 0 Å². The fourth-order valence-electron chi connectivity index (χ4n) is 6.74. The molecular formula is C55H46B2Br5Cl6F10O15P. The van der Waals surface area contributed by atoms with Crippen molar-refractivity contribution in [1.82, 2.24) is 0 Å². The molecular weight excluding hydrogens is 1760 g/mol. The predicted octanol–water partition coefficient (Wildman–Crippen LogP) is 19.8. The molecule has 2 N–H and O–H groups in total. The van der Waals surface area contributed by atoms with Gasteiger partial charge in [-0.3, -0.25) is 23.7 Å². The van der Waals surface area contributed by atoms with E-state index in [-0.39, 0.29) is 95.2 Å². The van der Waals surface area contributed by atoms with Crippen LogP contribution in [0.4, 0.5) is 43.9 Å². The quantitative estimate of drug-likeness (QED) is 0.0231. The minimum absolute atomic E-state index is 0.0130. The monoisotopic (exact) mass is 1790 g/mol.